The number of rotatable bonds is 7. The minimum absolute atomic E-state index is 0.0627. The highest BCUT2D eigenvalue weighted by atomic mass is 16.5. The SMILES string of the molecule is COc1ccccc1OCC(=O)N[C@H](C)c1ccc(-c2ccccc2)cc1. The highest BCUT2D eigenvalue weighted by Gasteiger charge is 2.11. The number of hydrogen-bond donors (Lipinski definition) is 1. The first-order valence-corrected chi connectivity index (χ1v) is 8.88. The Kier molecular flexibility index (Phi) is 6.10. The molecule has 0 unspecified atom stereocenters. The Morgan fingerprint density at radius 1 is 0.852 bits per heavy atom. The van der Waals surface area contributed by atoms with E-state index in [1.165, 1.54) is 5.56 Å². The van der Waals surface area contributed by atoms with Gasteiger partial charge in [0.05, 0.1) is 13.2 Å². The number of ether oxygens (including phenoxy) is 2. The van der Waals surface area contributed by atoms with Crippen LogP contribution in [0.3, 0.4) is 0 Å². The van der Waals surface area contributed by atoms with E-state index in [0.29, 0.717) is 11.5 Å². The third-order valence-corrected chi connectivity index (χ3v) is 4.32. The molecule has 4 heteroatoms. The molecule has 0 aromatic heterocycles. The molecule has 0 saturated carbocycles. The fraction of sp³-hybridized carbons (Fsp3) is 0.174. The van der Waals surface area contributed by atoms with Crippen LogP contribution in [-0.4, -0.2) is 19.6 Å². The summed E-state index contributed by atoms with van der Waals surface area (Å²) in [7, 11) is 1.57. The van der Waals surface area contributed by atoms with E-state index >= 15 is 0 Å². The molecule has 0 spiro atoms. The molecule has 4 nitrogen and oxygen atoms in total. The second-order valence-corrected chi connectivity index (χ2v) is 6.22. The quantitative estimate of drug-likeness (QED) is 0.668. The number of carbonyl (C=O) groups excluding carboxylic acids is 1. The molecule has 1 atom stereocenters. The molecule has 1 N–H and O–H groups in total. The largest absolute Gasteiger partial charge is 0.493 e. The fourth-order valence-electron chi connectivity index (χ4n) is 2.84. The second kappa shape index (κ2) is 8.90. The van der Waals surface area contributed by atoms with Crippen LogP contribution in [0.15, 0.2) is 78.9 Å². The number of methoxy groups -OCH3 is 1. The van der Waals surface area contributed by atoms with Crippen LogP contribution in [-0.2, 0) is 4.79 Å². The molecule has 3 aromatic rings. The summed E-state index contributed by atoms with van der Waals surface area (Å²) in [5, 5.41) is 2.96. The van der Waals surface area contributed by atoms with Crippen molar-refractivity contribution in [2.75, 3.05) is 13.7 Å². The van der Waals surface area contributed by atoms with Crippen molar-refractivity contribution in [1.29, 1.82) is 0 Å². The average molecular weight is 361 g/mol. The van der Waals surface area contributed by atoms with Crippen molar-refractivity contribution in [1.82, 2.24) is 5.32 Å². The van der Waals surface area contributed by atoms with Gasteiger partial charge in [-0.05, 0) is 35.7 Å². The Morgan fingerprint density at radius 2 is 1.44 bits per heavy atom. The van der Waals surface area contributed by atoms with E-state index in [4.69, 9.17) is 9.47 Å². The molecular weight excluding hydrogens is 338 g/mol. The Labute approximate surface area is 159 Å². The molecule has 0 aliphatic carbocycles. The van der Waals surface area contributed by atoms with Crippen molar-refractivity contribution in [3.05, 3.63) is 84.4 Å². The zero-order valence-electron chi connectivity index (χ0n) is 15.5. The lowest BCUT2D eigenvalue weighted by atomic mass is 10.0. The standard InChI is InChI=1S/C23H23NO3/c1-17(18-12-14-20(15-13-18)19-8-4-3-5-9-19)24-23(25)16-27-22-11-7-6-10-21(22)26-2/h3-15,17H,16H2,1-2H3,(H,24,25)/t17-/m1/s1. The van der Waals surface area contributed by atoms with Gasteiger partial charge >= 0.3 is 0 Å². The van der Waals surface area contributed by atoms with E-state index in [1.807, 2.05) is 49.4 Å². The normalized spacial score (nSPS) is 11.5. The van der Waals surface area contributed by atoms with E-state index in [1.54, 1.807) is 19.2 Å². The summed E-state index contributed by atoms with van der Waals surface area (Å²) in [6, 6.07) is 25.6. The van der Waals surface area contributed by atoms with Gasteiger partial charge in [0.25, 0.3) is 5.91 Å². The summed E-state index contributed by atoms with van der Waals surface area (Å²) in [6.07, 6.45) is 0. The number of amides is 1. The van der Waals surface area contributed by atoms with Crippen molar-refractivity contribution >= 4 is 5.91 Å². The molecule has 0 heterocycles. The molecular formula is C23H23NO3. The summed E-state index contributed by atoms with van der Waals surface area (Å²) in [6.45, 7) is 1.89. The van der Waals surface area contributed by atoms with Crippen LogP contribution in [0, 0.1) is 0 Å². The monoisotopic (exact) mass is 361 g/mol. The Morgan fingerprint density at radius 3 is 2.11 bits per heavy atom. The van der Waals surface area contributed by atoms with Gasteiger partial charge in [0.15, 0.2) is 18.1 Å². The van der Waals surface area contributed by atoms with Gasteiger partial charge in [0, 0.05) is 0 Å². The van der Waals surface area contributed by atoms with Crippen LogP contribution in [0.2, 0.25) is 0 Å². The average Bonchev–Trinajstić information content (AvgIpc) is 2.73. The molecule has 0 aliphatic rings. The summed E-state index contributed by atoms with van der Waals surface area (Å²) < 4.78 is 10.8. The zero-order valence-corrected chi connectivity index (χ0v) is 15.5. The van der Waals surface area contributed by atoms with Crippen molar-refractivity contribution in [2.45, 2.75) is 13.0 Å². The number of para-hydroxylation sites is 2. The molecule has 0 radical (unpaired) electrons. The van der Waals surface area contributed by atoms with E-state index in [-0.39, 0.29) is 18.6 Å². The maximum Gasteiger partial charge on any atom is 0.258 e. The predicted octanol–water partition coefficient (Wildman–Crippen LogP) is 4.62. The van der Waals surface area contributed by atoms with Gasteiger partial charge in [0.1, 0.15) is 0 Å². The van der Waals surface area contributed by atoms with Crippen molar-refractivity contribution < 1.29 is 14.3 Å². The zero-order chi connectivity index (χ0) is 19.1. The fourth-order valence-corrected chi connectivity index (χ4v) is 2.84. The molecule has 3 aromatic carbocycles. The topological polar surface area (TPSA) is 47.6 Å². The predicted molar refractivity (Wildman–Crippen MR) is 107 cm³/mol. The van der Waals surface area contributed by atoms with Crippen LogP contribution in [0.1, 0.15) is 18.5 Å². The Balaban J connectivity index is 1.56. The number of carbonyl (C=O) groups is 1. The van der Waals surface area contributed by atoms with Crippen LogP contribution < -0.4 is 14.8 Å². The van der Waals surface area contributed by atoms with Gasteiger partial charge in [-0.25, -0.2) is 0 Å². The third-order valence-electron chi connectivity index (χ3n) is 4.32. The van der Waals surface area contributed by atoms with Crippen LogP contribution >= 0.6 is 0 Å². The number of nitrogens with one attached hydrogen (secondary N) is 1. The summed E-state index contributed by atoms with van der Waals surface area (Å²) >= 11 is 0. The maximum absolute atomic E-state index is 12.2. The first kappa shape index (κ1) is 18.5. The highest BCUT2D eigenvalue weighted by Crippen LogP contribution is 2.26. The Bertz CT molecular complexity index is 876. The number of benzene rings is 3. The summed E-state index contributed by atoms with van der Waals surface area (Å²) in [5.74, 6) is 0.977. The molecule has 3 rings (SSSR count). The molecule has 0 saturated heterocycles. The summed E-state index contributed by atoms with van der Waals surface area (Å²) in [5.41, 5.74) is 3.36. The van der Waals surface area contributed by atoms with Gasteiger partial charge in [-0.3, -0.25) is 4.79 Å². The smallest absolute Gasteiger partial charge is 0.258 e. The van der Waals surface area contributed by atoms with Gasteiger partial charge in [-0.15, -0.1) is 0 Å². The van der Waals surface area contributed by atoms with E-state index in [2.05, 4.69) is 29.6 Å². The van der Waals surface area contributed by atoms with Gasteiger partial charge < -0.3 is 14.8 Å². The first-order chi connectivity index (χ1) is 13.2. The molecule has 27 heavy (non-hydrogen) atoms. The summed E-state index contributed by atoms with van der Waals surface area (Å²) in [4.78, 5) is 12.2. The van der Waals surface area contributed by atoms with Gasteiger partial charge in [-0.1, -0.05) is 66.7 Å². The van der Waals surface area contributed by atoms with Crippen LogP contribution in [0.25, 0.3) is 11.1 Å². The van der Waals surface area contributed by atoms with Gasteiger partial charge in [0.2, 0.25) is 0 Å². The highest BCUT2D eigenvalue weighted by molar-refractivity contribution is 5.78. The molecule has 1 amide bonds. The van der Waals surface area contributed by atoms with Crippen molar-refractivity contribution in [3.63, 3.8) is 0 Å². The lowest BCUT2D eigenvalue weighted by molar-refractivity contribution is -0.123. The van der Waals surface area contributed by atoms with Crippen LogP contribution in [0.4, 0.5) is 0 Å². The first-order valence-electron chi connectivity index (χ1n) is 8.88. The van der Waals surface area contributed by atoms with Crippen molar-refractivity contribution in [3.8, 4) is 22.6 Å². The lowest BCUT2D eigenvalue weighted by Gasteiger charge is -2.16. The second-order valence-electron chi connectivity index (χ2n) is 6.22. The molecule has 0 aliphatic heterocycles. The minimum atomic E-state index is -0.180. The molecule has 0 fully saturated rings. The molecule has 0 bridgehead atoms. The van der Waals surface area contributed by atoms with Gasteiger partial charge in [-0.2, -0.15) is 0 Å². The lowest BCUT2D eigenvalue weighted by Crippen LogP contribution is -2.31. The minimum Gasteiger partial charge on any atom is -0.493 e. The van der Waals surface area contributed by atoms with E-state index in [0.717, 1.165) is 11.1 Å². The Hall–Kier alpha value is -3.27. The van der Waals surface area contributed by atoms with Crippen LogP contribution in [0.5, 0.6) is 11.5 Å². The van der Waals surface area contributed by atoms with Crippen molar-refractivity contribution in [2.24, 2.45) is 0 Å². The third kappa shape index (κ3) is 4.88. The van der Waals surface area contributed by atoms with E-state index in [9.17, 15) is 4.79 Å². The maximum atomic E-state index is 12.2. The molecule has 138 valence electrons. The number of hydrogen-bond acceptors (Lipinski definition) is 3. The van der Waals surface area contributed by atoms with E-state index < -0.39 is 0 Å².